The Bertz CT molecular complexity index is 881. The minimum Gasteiger partial charge on any atom is -0.465 e. The van der Waals surface area contributed by atoms with Crippen LogP contribution in [-0.4, -0.2) is 32.1 Å². The first-order valence-corrected chi connectivity index (χ1v) is 11.0. The molecule has 0 bridgehead atoms. The van der Waals surface area contributed by atoms with Gasteiger partial charge in [-0.05, 0) is 61.9 Å². The van der Waals surface area contributed by atoms with E-state index >= 15 is 0 Å². The molecular weight excluding hydrogens is 380 g/mol. The van der Waals surface area contributed by atoms with E-state index in [2.05, 4.69) is 18.2 Å². The van der Waals surface area contributed by atoms with Crippen molar-refractivity contribution in [2.24, 2.45) is 0 Å². The monoisotopic (exact) mass is 408 g/mol. The van der Waals surface area contributed by atoms with Gasteiger partial charge in [0.2, 0.25) is 6.29 Å². The third kappa shape index (κ3) is 4.53. The van der Waals surface area contributed by atoms with E-state index in [1.54, 1.807) is 0 Å². The molecule has 5 nitrogen and oxygen atoms in total. The van der Waals surface area contributed by atoms with E-state index in [-0.39, 0.29) is 12.6 Å². The normalized spacial score (nSPS) is 26.3. The van der Waals surface area contributed by atoms with Crippen LogP contribution in [-0.2, 0) is 14.2 Å². The lowest BCUT2D eigenvalue weighted by atomic mass is 9.99. The van der Waals surface area contributed by atoms with Crippen LogP contribution in [0, 0.1) is 0 Å². The van der Waals surface area contributed by atoms with Crippen LogP contribution in [0.5, 0.6) is 11.5 Å². The number of rotatable bonds is 5. The number of ether oxygens (including phenoxy) is 5. The first kappa shape index (κ1) is 19.6. The van der Waals surface area contributed by atoms with Crippen molar-refractivity contribution in [2.45, 2.75) is 57.4 Å². The van der Waals surface area contributed by atoms with Crippen LogP contribution in [0.25, 0.3) is 11.6 Å². The summed E-state index contributed by atoms with van der Waals surface area (Å²) in [7, 11) is 0. The largest absolute Gasteiger partial charge is 0.465 e. The van der Waals surface area contributed by atoms with Crippen molar-refractivity contribution in [1.82, 2.24) is 0 Å². The van der Waals surface area contributed by atoms with Gasteiger partial charge in [0.15, 0.2) is 12.6 Å². The molecule has 5 rings (SSSR count). The van der Waals surface area contributed by atoms with Crippen molar-refractivity contribution < 1.29 is 23.7 Å². The highest BCUT2D eigenvalue weighted by Gasteiger charge is 2.29. The number of hydrogen-bond acceptors (Lipinski definition) is 5. The molecule has 0 amide bonds. The van der Waals surface area contributed by atoms with E-state index in [0.29, 0.717) is 0 Å². The summed E-state index contributed by atoms with van der Waals surface area (Å²) in [6.45, 7) is 1.50. The topological polar surface area (TPSA) is 46.2 Å². The minimum absolute atomic E-state index is 0.172. The number of fused-ring (bicyclic) bond motifs is 1. The first-order valence-electron chi connectivity index (χ1n) is 11.0. The van der Waals surface area contributed by atoms with Crippen LogP contribution in [0.3, 0.4) is 0 Å². The average molecular weight is 408 g/mol. The molecule has 2 fully saturated rings. The van der Waals surface area contributed by atoms with Crippen LogP contribution in [0.4, 0.5) is 0 Å². The van der Waals surface area contributed by atoms with Gasteiger partial charge in [0.1, 0.15) is 11.5 Å². The van der Waals surface area contributed by atoms with Gasteiger partial charge < -0.3 is 23.7 Å². The van der Waals surface area contributed by atoms with Crippen LogP contribution in [0.1, 0.15) is 49.7 Å². The zero-order chi connectivity index (χ0) is 20.2. The first-order chi connectivity index (χ1) is 14.8. The van der Waals surface area contributed by atoms with Gasteiger partial charge in [-0.2, -0.15) is 0 Å². The molecule has 30 heavy (non-hydrogen) atoms. The molecule has 0 radical (unpaired) electrons. The molecule has 2 aromatic rings. The molecule has 0 aromatic heterocycles. The minimum atomic E-state index is -0.524. The van der Waals surface area contributed by atoms with Gasteiger partial charge in [0, 0.05) is 24.2 Å². The van der Waals surface area contributed by atoms with Crippen LogP contribution < -0.4 is 9.47 Å². The molecule has 0 aliphatic carbocycles. The summed E-state index contributed by atoms with van der Waals surface area (Å²) < 4.78 is 30.1. The molecule has 0 N–H and O–H groups in total. The molecule has 2 aromatic carbocycles. The Kier molecular flexibility index (Phi) is 6.02. The highest BCUT2D eigenvalue weighted by molar-refractivity contribution is 5.86. The van der Waals surface area contributed by atoms with E-state index < -0.39 is 6.29 Å². The number of hydrogen-bond donors (Lipinski definition) is 0. The SMILES string of the molecule is C1=C(c2cccc(OC3CCCCO3)c2)C(OC2CCCCO2)Oc2ccccc21. The van der Waals surface area contributed by atoms with E-state index in [1.165, 1.54) is 0 Å². The average Bonchev–Trinajstić information content (AvgIpc) is 2.80. The summed E-state index contributed by atoms with van der Waals surface area (Å²) in [4.78, 5) is 0. The summed E-state index contributed by atoms with van der Waals surface area (Å²) >= 11 is 0. The zero-order valence-electron chi connectivity index (χ0n) is 17.1. The quantitative estimate of drug-likeness (QED) is 0.663. The van der Waals surface area contributed by atoms with Crippen LogP contribution in [0.15, 0.2) is 48.5 Å². The van der Waals surface area contributed by atoms with Crippen molar-refractivity contribution in [1.29, 1.82) is 0 Å². The van der Waals surface area contributed by atoms with Crippen molar-refractivity contribution in [3.05, 3.63) is 59.7 Å². The predicted octanol–water partition coefficient (Wildman–Crippen LogP) is 5.39. The summed E-state index contributed by atoms with van der Waals surface area (Å²) in [6.07, 6.45) is 7.44. The molecule has 3 heterocycles. The van der Waals surface area contributed by atoms with Gasteiger partial charge in [-0.1, -0.05) is 30.3 Å². The standard InChI is InChI=1S/C25H28O5/c1-2-11-22-19(8-1)17-21(25(29-22)30-24-13-4-6-15-27-24)18-9-7-10-20(16-18)28-23-12-3-5-14-26-23/h1-2,7-11,16-17,23-25H,3-6,12-15H2. The molecule has 0 spiro atoms. The van der Waals surface area contributed by atoms with E-state index in [9.17, 15) is 0 Å². The molecule has 2 saturated heterocycles. The fraction of sp³-hybridized carbons (Fsp3) is 0.440. The van der Waals surface area contributed by atoms with Crippen LogP contribution in [0.2, 0.25) is 0 Å². The molecule has 3 aliphatic heterocycles. The van der Waals surface area contributed by atoms with Gasteiger partial charge >= 0.3 is 0 Å². The zero-order valence-corrected chi connectivity index (χ0v) is 17.1. The number of benzene rings is 2. The Hall–Kier alpha value is -2.34. The van der Waals surface area contributed by atoms with Crippen LogP contribution >= 0.6 is 0 Å². The van der Waals surface area contributed by atoms with Gasteiger partial charge in [-0.3, -0.25) is 0 Å². The molecule has 0 saturated carbocycles. The molecule has 3 atom stereocenters. The van der Waals surface area contributed by atoms with Crippen molar-refractivity contribution in [2.75, 3.05) is 13.2 Å². The Morgan fingerprint density at radius 2 is 1.60 bits per heavy atom. The predicted molar refractivity (Wildman–Crippen MR) is 114 cm³/mol. The van der Waals surface area contributed by atoms with Crippen molar-refractivity contribution in [3.63, 3.8) is 0 Å². The van der Waals surface area contributed by atoms with E-state index in [4.69, 9.17) is 23.7 Å². The summed E-state index contributed by atoms with van der Waals surface area (Å²) in [6, 6.07) is 16.1. The molecule has 3 unspecified atom stereocenters. The molecule has 5 heteroatoms. The lowest BCUT2D eigenvalue weighted by Gasteiger charge is -2.32. The third-order valence-electron chi connectivity index (χ3n) is 5.70. The summed E-state index contributed by atoms with van der Waals surface area (Å²) in [5, 5.41) is 0. The molecule has 3 aliphatic rings. The fourth-order valence-electron chi connectivity index (χ4n) is 4.10. The lowest BCUT2D eigenvalue weighted by Crippen LogP contribution is -2.33. The fourth-order valence-corrected chi connectivity index (χ4v) is 4.10. The second kappa shape index (κ2) is 9.21. The van der Waals surface area contributed by atoms with E-state index in [0.717, 1.165) is 79.9 Å². The summed E-state index contributed by atoms with van der Waals surface area (Å²) in [5.74, 6) is 1.62. The van der Waals surface area contributed by atoms with Gasteiger partial charge in [-0.25, -0.2) is 0 Å². The van der Waals surface area contributed by atoms with Gasteiger partial charge in [-0.15, -0.1) is 0 Å². The number of para-hydroxylation sites is 1. The van der Waals surface area contributed by atoms with Crippen molar-refractivity contribution >= 4 is 11.6 Å². The maximum Gasteiger partial charge on any atom is 0.229 e. The smallest absolute Gasteiger partial charge is 0.229 e. The molecular formula is C25H28O5. The van der Waals surface area contributed by atoms with Gasteiger partial charge in [0.25, 0.3) is 0 Å². The Morgan fingerprint density at radius 1 is 0.800 bits per heavy atom. The van der Waals surface area contributed by atoms with Crippen molar-refractivity contribution in [3.8, 4) is 11.5 Å². The Balaban J connectivity index is 1.41. The summed E-state index contributed by atoms with van der Waals surface area (Å²) in [5.41, 5.74) is 3.02. The Morgan fingerprint density at radius 3 is 2.40 bits per heavy atom. The van der Waals surface area contributed by atoms with Gasteiger partial charge in [0.05, 0.1) is 6.61 Å². The Labute approximate surface area is 177 Å². The lowest BCUT2D eigenvalue weighted by molar-refractivity contribution is -0.213. The third-order valence-corrected chi connectivity index (χ3v) is 5.70. The maximum absolute atomic E-state index is 6.27. The maximum atomic E-state index is 6.27. The second-order valence-electron chi connectivity index (χ2n) is 7.96. The molecule has 158 valence electrons. The highest BCUT2D eigenvalue weighted by Crippen LogP contribution is 2.37. The highest BCUT2D eigenvalue weighted by atomic mass is 16.8. The van der Waals surface area contributed by atoms with E-state index in [1.807, 2.05) is 36.4 Å². The second-order valence-corrected chi connectivity index (χ2v) is 7.96.